The van der Waals surface area contributed by atoms with Gasteiger partial charge in [0.2, 0.25) is 17.7 Å². The number of halogens is 1. The third-order valence-electron chi connectivity index (χ3n) is 6.71. The Morgan fingerprint density at radius 2 is 1.82 bits per heavy atom. The molecular formula is C28H38FN5O6. The minimum atomic E-state index is -1.11. The first-order valence-electron chi connectivity index (χ1n) is 13.5. The molecule has 2 heterocycles. The molecule has 4 atom stereocenters. The number of piperidine rings is 1. The number of aliphatic hydroxyl groups is 1. The second-order valence-corrected chi connectivity index (χ2v) is 10.6. The van der Waals surface area contributed by atoms with E-state index in [1.165, 1.54) is 30.3 Å². The Morgan fingerprint density at radius 3 is 2.42 bits per heavy atom. The second-order valence-electron chi connectivity index (χ2n) is 10.6. The van der Waals surface area contributed by atoms with Crippen molar-refractivity contribution in [1.82, 2.24) is 26.4 Å². The van der Waals surface area contributed by atoms with E-state index in [0.717, 1.165) is 6.42 Å². The van der Waals surface area contributed by atoms with Gasteiger partial charge >= 0.3 is 0 Å². The number of aryl methyl sites for hydroxylation is 1. The molecule has 3 unspecified atom stereocenters. The van der Waals surface area contributed by atoms with E-state index in [1.54, 1.807) is 6.92 Å². The summed E-state index contributed by atoms with van der Waals surface area (Å²) in [5.74, 6) is -2.19. The lowest BCUT2D eigenvalue weighted by Crippen LogP contribution is -2.56. The van der Waals surface area contributed by atoms with Crippen LogP contribution >= 0.6 is 0 Å². The standard InChI is InChI=1S/C28H38FN5O6/c1-16(2)11-22(26(37)31-21(15-35)14-19-5-4-10-30-25(19)36)32-27(38)23(13-18-6-8-20(29)9-7-18)33-28(39)24-12-17(3)40-34-24/h6-9,12,16,19,21-23,35H,4-5,10-11,13-15H2,1-3H3,(H,30,36)(H,31,37)(H,32,38)(H,33,39)/t19-,21?,22?,23?/m0/s1. The van der Waals surface area contributed by atoms with Crippen molar-refractivity contribution in [3.05, 3.63) is 53.2 Å². The van der Waals surface area contributed by atoms with Crippen molar-refractivity contribution in [3.63, 3.8) is 0 Å². The largest absolute Gasteiger partial charge is 0.394 e. The number of benzene rings is 1. The fraction of sp³-hybridized carbons (Fsp3) is 0.536. The molecule has 3 rings (SSSR count). The van der Waals surface area contributed by atoms with E-state index in [9.17, 15) is 28.7 Å². The van der Waals surface area contributed by atoms with Gasteiger partial charge in [-0.05, 0) is 56.2 Å². The van der Waals surface area contributed by atoms with Gasteiger partial charge in [-0.3, -0.25) is 19.2 Å². The quantitative estimate of drug-likeness (QED) is 0.248. The van der Waals surface area contributed by atoms with Crippen LogP contribution in [0.15, 0.2) is 34.9 Å². The predicted molar refractivity (Wildman–Crippen MR) is 143 cm³/mol. The molecule has 218 valence electrons. The highest BCUT2D eigenvalue weighted by Crippen LogP contribution is 2.18. The number of carbonyl (C=O) groups is 4. The summed E-state index contributed by atoms with van der Waals surface area (Å²) in [7, 11) is 0. The molecule has 40 heavy (non-hydrogen) atoms. The average molecular weight is 560 g/mol. The first-order chi connectivity index (χ1) is 19.0. The monoisotopic (exact) mass is 559 g/mol. The van der Waals surface area contributed by atoms with Crippen molar-refractivity contribution < 1.29 is 33.2 Å². The van der Waals surface area contributed by atoms with E-state index in [2.05, 4.69) is 26.4 Å². The lowest BCUT2D eigenvalue weighted by molar-refractivity contribution is -0.131. The number of aliphatic hydroxyl groups excluding tert-OH is 1. The summed E-state index contributed by atoms with van der Waals surface area (Å²) in [4.78, 5) is 51.7. The SMILES string of the molecule is Cc1cc(C(=O)NC(Cc2ccc(F)cc2)C(=O)NC(CC(C)C)C(=O)NC(CO)C[C@@H]2CCCNC2=O)no1. The molecule has 0 aliphatic carbocycles. The van der Waals surface area contributed by atoms with Gasteiger partial charge in [-0.2, -0.15) is 0 Å². The molecule has 12 heteroatoms. The minimum absolute atomic E-state index is 0.0107. The zero-order valence-corrected chi connectivity index (χ0v) is 23.0. The molecule has 1 saturated heterocycles. The van der Waals surface area contributed by atoms with Crippen LogP contribution in [0.2, 0.25) is 0 Å². The van der Waals surface area contributed by atoms with Crippen molar-refractivity contribution in [2.24, 2.45) is 11.8 Å². The minimum Gasteiger partial charge on any atom is -0.394 e. The smallest absolute Gasteiger partial charge is 0.274 e. The second kappa shape index (κ2) is 14.5. The van der Waals surface area contributed by atoms with Gasteiger partial charge in [0.1, 0.15) is 23.7 Å². The maximum atomic E-state index is 13.5. The molecule has 4 amide bonds. The van der Waals surface area contributed by atoms with E-state index in [4.69, 9.17) is 4.52 Å². The maximum Gasteiger partial charge on any atom is 0.274 e. The third-order valence-corrected chi connectivity index (χ3v) is 6.71. The van der Waals surface area contributed by atoms with Crippen LogP contribution in [0.25, 0.3) is 0 Å². The average Bonchev–Trinajstić information content (AvgIpc) is 3.36. The zero-order chi connectivity index (χ0) is 29.2. The summed E-state index contributed by atoms with van der Waals surface area (Å²) >= 11 is 0. The van der Waals surface area contributed by atoms with E-state index >= 15 is 0 Å². The first kappa shape index (κ1) is 30.7. The number of hydrogen-bond donors (Lipinski definition) is 5. The highest BCUT2D eigenvalue weighted by molar-refractivity contribution is 5.97. The van der Waals surface area contributed by atoms with E-state index in [1.807, 2.05) is 13.8 Å². The van der Waals surface area contributed by atoms with Crippen LogP contribution in [0.4, 0.5) is 4.39 Å². The van der Waals surface area contributed by atoms with Crippen LogP contribution in [0.1, 0.15) is 61.3 Å². The van der Waals surface area contributed by atoms with Gasteiger partial charge in [-0.1, -0.05) is 31.1 Å². The number of nitrogens with one attached hydrogen (secondary N) is 4. The summed E-state index contributed by atoms with van der Waals surface area (Å²) in [6.07, 6.45) is 2.08. The van der Waals surface area contributed by atoms with Crippen LogP contribution in [0.3, 0.4) is 0 Å². The molecule has 5 N–H and O–H groups in total. The Balaban J connectivity index is 1.74. The highest BCUT2D eigenvalue weighted by atomic mass is 19.1. The molecule has 1 aromatic heterocycles. The lowest BCUT2D eigenvalue weighted by Gasteiger charge is -2.28. The van der Waals surface area contributed by atoms with Gasteiger partial charge in [0.15, 0.2) is 5.69 Å². The fourth-order valence-electron chi connectivity index (χ4n) is 4.63. The van der Waals surface area contributed by atoms with Crippen molar-refractivity contribution in [2.45, 2.75) is 71.0 Å². The van der Waals surface area contributed by atoms with Gasteiger partial charge in [0.05, 0.1) is 12.6 Å². The van der Waals surface area contributed by atoms with Crippen LogP contribution in [0, 0.1) is 24.6 Å². The van der Waals surface area contributed by atoms with Gasteiger partial charge < -0.3 is 30.9 Å². The van der Waals surface area contributed by atoms with E-state index < -0.39 is 41.7 Å². The summed E-state index contributed by atoms with van der Waals surface area (Å²) in [6.45, 7) is 5.67. The van der Waals surface area contributed by atoms with Crippen molar-refractivity contribution >= 4 is 23.6 Å². The third kappa shape index (κ3) is 9.15. The number of nitrogens with zero attached hydrogens (tertiary/aromatic N) is 1. The van der Waals surface area contributed by atoms with Crippen LogP contribution < -0.4 is 21.3 Å². The number of rotatable bonds is 13. The van der Waals surface area contributed by atoms with Crippen molar-refractivity contribution in [2.75, 3.05) is 13.2 Å². The van der Waals surface area contributed by atoms with Gasteiger partial charge in [0.25, 0.3) is 5.91 Å². The number of aromatic nitrogens is 1. The molecule has 0 spiro atoms. The van der Waals surface area contributed by atoms with E-state index in [0.29, 0.717) is 30.7 Å². The Labute approximate surface area is 232 Å². The Kier molecular flexibility index (Phi) is 11.2. The topological polar surface area (TPSA) is 163 Å². The Morgan fingerprint density at radius 1 is 1.12 bits per heavy atom. The van der Waals surface area contributed by atoms with Crippen LogP contribution in [-0.4, -0.2) is 65.2 Å². The zero-order valence-electron chi connectivity index (χ0n) is 23.0. The van der Waals surface area contributed by atoms with Gasteiger partial charge in [-0.15, -0.1) is 0 Å². The predicted octanol–water partition coefficient (Wildman–Crippen LogP) is 1.39. The molecule has 0 radical (unpaired) electrons. The summed E-state index contributed by atoms with van der Waals surface area (Å²) in [6, 6.07) is 4.20. The number of amides is 4. The molecule has 1 fully saturated rings. The summed E-state index contributed by atoms with van der Waals surface area (Å²) in [5, 5.41) is 24.5. The number of carbonyl (C=O) groups excluding carboxylic acids is 4. The maximum absolute atomic E-state index is 13.5. The van der Waals surface area contributed by atoms with Gasteiger partial charge in [-0.25, -0.2) is 4.39 Å². The van der Waals surface area contributed by atoms with Crippen LogP contribution in [-0.2, 0) is 20.8 Å². The molecule has 1 aliphatic heterocycles. The van der Waals surface area contributed by atoms with Crippen molar-refractivity contribution in [1.29, 1.82) is 0 Å². The lowest BCUT2D eigenvalue weighted by atomic mass is 9.91. The number of hydrogen-bond acceptors (Lipinski definition) is 7. The van der Waals surface area contributed by atoms with Crippen molar-refractivity contribution in [3.8, 4) is 0 Å². The molecule has 2 aromatic rings. The fourth-order valence-corrected chi connectivity index (χ4v) is 4.63. The molecule has 1 aromatic carbocycles. The molecule has 0 saturated carbocycles. The molecule has 0 bridgehead atoms. The molecule has 11 nitrogen and oxygen atoms in total. The summed E-state index contributed by atoms with van der Waals surface area (Å²) in [5.41, 5.74) is 0.581. The first-order valence-corrected chi connectivity index (χ1v) is 13.5. The van der Waals surface area contributed by atoms with Crippen LogP contribution in [0.5, 0.6) is 0 Å². The van der Waals surface area contributed by atoms with Gasteiger partial charge in [0, 0.05) is 24.9 Å². The Hall–Kier alpha value is -3.80. The van der Waals surface area contributed by atoms with E-state index in [-0.39, 0.29) is 42.9 Å². The molecular weight excluding hydrogens is 521 g/mol. The normalized spacial score (nSPS) is 17.4. The molecule has 1 aliphatic rings. The highest BCUT2D eigenvalue weighted by Gasteiger charge is 2.31. The summed E-state index contributed by atoms with van der Waals surface area (Å²) < 4.78 is 18.4. The Bertz CT molecular complexity index is 1170.